The highest BCUT2D eigenvalue weighted by molar-refractivity contribution is 4.68. The van der Waals surface area contributed by atoms with E-state index in [4.69, 9.17) is 0 Å². The molecule has 0 aromatic carbocycles. The van der Waals surface area contributed by atoms with Crippen LogP contribution in [0, 0.1) is 5.92 Å². The van der Waals surface area contributed by atoms with Gasteiger partial charge < -0.3 is 5.48 Å². The maximum absolute atomic E-state index is 12.8. The van der Waals surface area contributed by atoms with Crippen LogP contribution in [0.2, 0.25) is 0 Å². The van der Waals surface area contributed by atoms with E-state index in [1.54, 1.807) is 0 Å². The molecule has 1 rings (SSSR count). The van der Waals surface area contributed by atoms with Crippen molar-refractivity contribution in [1.82, 2.24) is 0 Å². The van der Waals surface area contributed by atoms with Crippen molar-refractivity contribution in [3.8, 4) is 0 Å². The topological polar surface area (TPSA) is 31.5 Å². The fourth-order valence-corrected chi connectivity index (χ4v) is 1.45. The van der Waals surface area contributed by atoms with Crippen LogP contribution in [0.3, 0.4) is 0 Å². The van der Waals surface area contributed by atoms with Gasteiger partial charge in [-0.3, -0.25) is 0 Å². The molecule has 0 radical (unpaired) electrons. The molecule has 0 aromatic rings. The third-order valence-electron chi connectivity index (χ3n) is 2.26. The maximum Gasteiger partial charge on any atom is 0.103 e. The summed E-state index contributed by atoms with van der Waals surface area (Å²) in [6.07, 6.45) is 4.98. The average Bonchev–Trinajstić information content (AvgIpc) is 2.22. The molecule has 0 aliphatic heterocycles. The Morgan fingerprint density at radius 2 is 1.50 bits per heavy atom. The Labute approximate surface area is 75.7 Å². The lowest BCUT2D eigenvalue weighted by Crippen LogP contribution is -2.09. The summed E-state index contributed by atoms with van der Waals surface area (Å²) in [7, 11) is 0. The molecule has 0 bridgehead atoms. The van der Waals surface area contributed by atoms with E-state index in [0.717, 1.165) is 19.3 Å². The number of hydrogen-bond acceptors (Lipinski definition) is 0. The van der Waals surface area contributed by atoms with Gasteiger partial charge in [0.15, 0.2) is 0 Å². The van der Waals surface area contributed by atoms with Crippen LogP contribution in [0.1, 0.15) is 52.9 Å². The van der Waals surface area contributed by atoms with Crippen molar-refractivity contribution in [2.75, 3.05) is 0 Å². The fourth-order valence-electron chi connectivity index (χ4n) is 1.45. The lowest BCUT2D eigenvalue weighted by atomic mass is 10.0. The second kappa shape index (κ2) is 8.98. The highest BCUT2D eigenvalue weighted by atomic mass is 19.1. The number of rotatable bonds is 0. The van der Waals surface area contributed by atoms with E-state index in [9.17, 15) is 4.39 Å². The molecule has 0 aromatic heterocycles. The molecule has 76 valence electrons. The average molecular weight is 178 g/mol. The maximum atomic E-state index is 12.8. The summed E-state index contributed by atoms with van der Waals surface area (Å²) >= 11 is 0. The first-order chi connectivity index (χ1) is 5.30. The molecule has 0 amide bonds. The van der Waals surface area contributed by atoms with E-state index in [1.165, 1.54) is 12.8 Å². The molecule has 2 atom stereocenters. The Hall–Kier alpha value is -0.110. The predicted molar refractivity (Wildman–Crippen MR) is 52.1 cm³/mol. The summed E-state index contributed by atoms with van der Waals surface area (Å²) in [6.45, 7) is 6.02. The molecular weight excluding hydrogens is 155 g/mol. The third-order valence-corrected chi connectivity index (χ3v) is 2.26. The van der Waals surface area contributed by atoms with Gasteiger partial charge in [0.1, 0.15) is 6.17 Å². The second-order valence-electron chi connectivity index (χ2n) is 3.13. The summed E-state index contributed by atoms with van der Waals surface area (Å²) in [5.41, 5.74) is 0. The molecule has 0 heterocycles. The van der Waals surface area contributed by atoms with Crippen LogP contribution in [0.4, 0.5) is 4.39 Å². The first kappa shape index (κ1) is 14.4. The van der Waals surface area contributed by atoms with Gasteiger partial charge in [-0.2, -0.15) is 0 Å². The predicted octanol–water partition coefficient (Wildman–Crippen LogP) is 3.13. The van der Waals surface area contributed by atoms with E-state index in [0.29, 0.717) is 5.92 Å². The highest BCUT2D eigenvalue weighted by Gasteiger charge is 2.17. The number of hydrogen-bond donors (Lipinski definition) is 0. The van der Waals surface area contributed by atoms with Gasteiger partial charge in [0.2, 0.25) is 0 Å². The number of alkyl halides is 1. The zero-order valence-electron chi connectivity index (χ0n) is 8.57. The molecule has 0 saturated heterocycles. The van der Waals surface area contributed by atoms with Crippen LogP contribution < -0.4 is 0 Å². The minimum atomic E-state index is -0.507. The Balaban J connectivity index is 0. The van der Waals surface area contributed by atoms with Crippen LogP contribution in [0.5, 0.6) is 0 Å². The van der Waals surface area contributed by atoms with Crippen LogP contribution in [-0.4, -0.2) is 11.6 Å². The quantitative estimate of drug-likeness (QED) is 0.510. The van der Waals surface area contributed by atoms with Crippen LogP contribution in [0.25, 0.3) is 0 Å². The van der Waals surface area contributed by atoms with Crippen molar-refractivity contribution in [2.45, 2.75) is 59.0 Å². The summed E-state index contributed by atoms with van der Waals surface area (Å²) in [5.74, 6) is 0.326. The molecule has 2 heteroatoms. The van der Waals surface area contributed by atoms with Gasteiger partial charge in [-0.25, -0.2) is 4.39 Å². The lowest BCUT2D eigenvalue weighted by molar-refractivity contribution is 0.229. The molecule has 1 nitrogen and oxygen atoms in total. The first-order valence-corrected chi connectivity index (χ1v) is 4.95. The van der Waals surface area contributed by atoms with Gasteiger partial charge in [-0.05, 0) is 18.8 Å². The second-order valence-corrected chi connectivity index (χ2v) is 3.13. The smallest absolute Gasteiger partial charge is 0.103 e. The summed E-state index contributed by atoms with van der Waals surface area (Å²) < 4.78 is 12.8. The van der Waals surface area contributed by atoms with E-state index in [1.807, 2.05) is 20.8 Å². The minimum Gasteiger partial charge on any atom is -0.412 e. The van der Waals surface area contributed by atoms with Crippen molar-refractivity contribution in [1.29, 1.82) is 0 Å². The Kier molecular flexibility index (Phi) is 10.8. The van der Waals surface area contributed by atoms with Crippen LogP contribution in [-0.2, 0) is 0 Å². The Morgan fingerprint density at radius 1 is 1.00 bits per heavy atom. The molecule has 1 aliphatic carbocycles. The van der Waals surface area contributed by atoms with Gasteiger partial charge in [0.05, 0.1) is 0 Å². The Morgan fingerprint density at radius 3 is 2.08 bits per heavy atom. The lowest BCUT2D eigenvalue weighted by Gasteiger charge is -2.10. The molecule has 1 aliphatic rings. The minimum absolute atomic E-state index is 0. The highest BCUT2D eigenvalue weighted by Crippen LogP contribution is 2.24. The van der Waals surface area contributed by atoms with E-state index < -0.39 is 6.17 Å². The van der Waals surface area contributed by atoms with Gasteiger partial charge in [-0.15, -0.1) is 0 Å². The van der Waals surface area contributed by atoms with E-state index in [-0.39, 0.29) is 5.48 Å². The molecule has 0 spiro atoms. The Bertz CT molecular complexity index is 75.9. The normalized spacial score (nSPS) is 29.0. The van der Waals surface area contributed by atoms with Gasteiger partial charge in [0, 0.05) is 0 Å². The SMILES string of the molecule is CC.CC1CCCCCC1F.O. The zero-order valence-corrected chi connectivity index (χ0v) is 8.57. The van der Waals surface area contributed by atoms with Crippen molar-refractivity contribution in [2.24, 2.45) is 5.92 Å². The van der Waals surface area contributed by atoms with E-state index >= 15 is 0 Å². The van der Waals surface area contributed by atoms with E-state index in [2.05, 4.69) is 0 Å². The van der Waals surface area contributed by atoms with Crippen LogP contribution in [0.15, 0.2) is 0 Å². The molecule has 1 fully saturated rings. The van der Waals surface area contributed by atoms with Gasteiger partial charge in [-0.1, -0.05) is 40.0 Å². The van der Waals surface area contributed by atoms with Crippen molar-refractivity contribution in [3.05, 3.63) is 0 Å². The van der Waals surface area contributed by atoms with Crippen molar-refractivity contribution in [3.63, 3.8) is 0 Å². The molecular formula is C10H23FO. The summed E-state index contributed by atoms with van der Waals surface area (Å²) in [6, 6.07) is 0. The van der Waals surface area contributed by atoms with Crippen LogP contribution >= 0.6 is 0 Å². The summed E-state index contributed by atoms with van der Waals surface area (Å²) in [5, 5.41) is 0. The van der Waals surface area contributed by atoms with Crippen molar-refractivity contribution < 1.29 is 9.87 Å². The number of halogens is 1. The molecule has 1 saturated carbocycles. The molecule has 2 unspecified atom stereocenters. The zero-order chi connectivity index (χ0) is 8.69. The summed E-state index contributed by atoms with van der Waals surface area (Å²) in [4.78, 5) is 0. The largest absolute Gasteiger partial charge is 0.412 e. The van der Waals surface area contributed by atoms with Gasteiger partial charge in [0.25, 0.3) is 0 Å². The van der Waals surface area contributed by atoms with Gasteiger partial charge >= 0.3 is 0 Å². The third kappa shape index (κ3) is 5.53. The van der Waals surface area contributed by atoms with Crippen molar-refractivity contribution >= 4 is 0 Å². The fraction of sp³-hybridized carbons (Fsp3) is 1.00. The first-order valence-electron chi connectivity index (χ1n) is 4.95. The molecule has 12 heavy (non-hydrogen) atoms. The standard InChI is InChI=1S/C8H15F.C2H6.H2O/c1-7-5-3-2-4-6-8(7)9;1-2;/h7-8H,2-6H2,1H3;1-2H3;1H2. The monoisotopic (exact) mass is 178 g/mol. The molecule has 2 N–H and O–H groups in total.